The molecule has 0 fully saturated rings. The predicted molar refractivity (Wildman–Crippen MR) is 99.0 cm³/mol. The van der Waals surface area contributed by atoms with E-state index in [0.29, 0.717) is 27.5 Å². The molecule has 4 nitrogen and oxygen atoms in total. The molecule has 0 aliphatic carbocycles. The quantitative estimate of drug-likeness (QED) is 0.625. The van der Waals surface area contributed by atoms with E-state index < -0.39 is 5.24 Å². The number of nitrogens with zero attached hydrogens (tertiary/aromatic N) is 1. The molecule has 0 unspecified atom stereocenters. The molecule has 0 amide bonds. The number of carbonyl (C=O) groups is 2. The molecule has 1 heterocycles. The lowest BCUT2D eigenvalue weighted by Crippen LogP contribution is -2.13. The van der Waals surface area contributed by atoms with E-state index >= 15 is 0 Å². The van der Waals surface area contributed by atoms with Crippen molar-refractivity contribution in [3.63, 3.8) is 0 Å². The van der Waals surface area contributed by atoms with Gasteiger partial charge in [0, 0.05) is 28.1 Å². The van der Waals surface area contributed by atoms with Crippen molar-refractivity contribution in [3.05, 3.63) is 64.3 Å². The van der Waals surface area contributed by atoms with E-state index in [2.05, 4.69) is 0 Å². The van der Waals surface area contributed by atoms with E-state index in [1.165, 1.54) is 0 Å². The van der Waals surface area contributed by atoms with Crippen molar-refractivity contribution in [2.75, 3.05) is 7.11 Å². The van der Waals surface area contributed by atoms with Crippen molar-refractivity contribution < 1.29 is 14.3 Å². The zero-order valence-electron chi connectivity index (χ0n) is 13.7. The summed E-state index contributed by atoms with van der Waals surface area (Å²) in [6, 6.07) is 12.1. The summed E-state index contributed by atoms with van der Waals surface area (Å²) in [5, 5.41) is 0.848. The molecule has 0 bridgehead atoms. The highest BCUT2D eigenvalue weighted by Crippen LogP contribution is 2.31. The number of ether oxygens (including phenoxy) is 1. The standard InChI is InChI=1S/C19H15Cl2NO3/c1-11-15(10-18(21)23)16-9-14(25-2)7-8-17(16)22(11)19(24)12-3-5-13(20)6-4-12/h3-9H,10H2,1-2H3. The van der Waals surface area contributed by atoms with Gasteiger partial charge in [0.25, 0.3) is 5.91 Å². The molecule has 128 valence electrons. The lowest BCUT2D eigenvalue weighted by molar-refractivity contribution is -0.111. The molecule has 0 aliphatic heterocycles. The predicted octanol–water partition coefficient (Wildman–Crippen LogP) is 4.61. The summed E-state index contributed by atoms with van der Waals surface area (Å²) in [6.45, 7) is 1.80. The number of fused-ring (bicyclic) bond motifs is 1. The Balaban J connectivity index is 2.23. The molecule has 25 heavy (non-hydrogen) atoms. The van der Waals surface area contributed by atoms with Crippen LogP contribution in [0.1, 0.15) is 21.6 Å². The summed E-state index contributed by atoms with van der Waals surface area (Å²) < 4.78 is 6.85. The molecule has 3 aromatic rings. The number of carbonyl (C=O) groups excluding carboxylic acids is 2. The number of halogens is 2. The topological polar surface area (TPSA) is 48.3 Å². The second-order valence-corrected chi connectivity index (χ2v) is 6.48. The minimum Gasteiger partial charge on any atom is -0.497 e. The Labute approximate surface area is 154 Å². The SMILES string of the molecule is COc1ccc2c(c1)c(CC(=O)Cl)c(C)n2C(=O)c1ccc(Cl)cc1. The second kappa shape index (κ2) is 6.90. The van der Waals surface area contributed by atoms with E-state index in [-0.39, 0.29) is 12.3 Å². The van der Waals surface area contributed by atoms with Gasteiger partial charge in [-0.15, -0.1) is 0 Å². The first-order valence-electron chi connectivity index (χ1n) is 7.59. The smallest absolute Gasteiger partial charge is 0.262 e. The molecule has 1 aromatic heterocycles. The van der Waals surface area contributed by atoms with Crippen molar-refractivity contribution in [3.8, 4) is 5.75 Å². The van der Waals surface area contributed by atoms with Gasteiger partial charge >= 0.3 is 0 Å². The van der Waals surface area contributed by atoms with Crippen molar-refractivity contribution in [2.45, 2.75) is 13.3 Å². The van der Waals surface area contributed by atoms with Gasteiger partial charge in [-0.3, -0.25) is 14.2 Å². The molecule has 0 atom stereocenters. The van der Waals surface area contributed by atoms with Crippen molar-refractivity contribution in [1.29, 1.82) is 0 Å². The average molecular weight is 376 g/mol. The number of aromatic nitrogens is 1. The van der Waals surface area contributed by atoms with Crippen LogP contribution < -0.4 is 4.74 Å². The third-order valence-corrected chi connectivity index (χ3v) is 4.54. The molecule has 0 saturated heterocycles. The van der Waals surface area contributed by atoms with Gasteiger partial charge in [-0.25, -0.2) is 0 Å². The zero-order chi connectivity index (χ0) is 18.1. The van der Waals surface area contributed by atoms with Crippen LogP contribution in [-0.4, -0.2) is 22.8 Å². The lowest BCUT2D eigenvalue weighted by atomic mass is 10.1. The van der Waals surface area contributed by atoms with Crippen LogP contribution in [0.3, 0.4) is 0 Å². The van der Waals surface area contributed by atoms with Gasteiger partial charge in [-0.05, 0) is 66.6 Å². The van der Waals surface area contributed by atoms with Crippen molar-refractivity contribution in [1.82, 2.24) is 4.57 Å². The highest BCUT2D eigenvalue weighted by Gasteiger charge is 2.21. The first-order valence-corrected chi connectivity index (χ1v) is 8.34. The van der Waals surface area contributed by atoms with Crippen LogP contribution in [-0.2, 0) is 11.2 Å². The Morgan fingerprint density at radius 1 is 1.12 bits per heavy atom. The van der Waals surface area contributed by atoms with Gasteiger partial charge in [0.2, 0.25) is 5.24 Å². The maximum atomic E-state index is 13.0. The molecule has 0 aliphatic rings. The van der Waals surface area contributed by atoms with Crippen molar-refractivity contribution >= 4 is 45.3 Å². The highest BCUT2D eigenvalue weighted by atomic mass is 35.5. The average Bonchev–Trinajstić information content (AvgIpc) is 2.86. The van der Waals surface area contributed by atoms with E-state index in [1.54, 1.807) is 55.0 Å². The third-order valence-electron chi connectivity index (χ3n) is 4.15. The van der Waals surface area contributed by atoms with Gasteiger partial charge in [0.15, 0.2) is 0 Å². The summed E-state index contributed by atoms with van der Waals surface area (Å²) in [7, 11) is 1.57. The van der Waals surface area contributed by atoms with Crippen LogP contribution >= 0.6 is 23.2 Å². The number of hydrogen-bond acceptors (Lipinski definition) is 3. The van der Waals surface area contributed by atoms with Gasteiger partial charge in [-0.2, -0.15) is 0 Å². The van der Waals surface area contributed by atoms with Crippen LogP contribution in [0, 0.1) is 6.92 Å². The fourth-order valence-electron chi connectivity index (χ4n) is 2.93. The van der Waals surface area contributed by atoms with E-state index in [9.17, 15) is 9.59 Å². The maximum absolute atomic E-state index is 13.0. The molecule has 2 aromatic carbocycles. The molecule has 3 rings (SSSR count). The largest absolute Gasteiger partial charge is 0.497 e. The summed E-state index contributed by atoms with van der Waals surface area (Å²) in [4.78, 5) is 24.5. The lowest BCUT2D eigenvalue weighted by Gasteiger charge is -2.08. The zero-order valence-corrected chi connectivity index (χ0v) is 15.2. The molecular formula is C19H15Cl2NO3. The molecular weight excluding hydrogens is 361 g/mol. The van der Waals surface area contributed by atoms with Gasteiger partial charge in [0.05, 0.1) is 12.6 Å². The summed E-state index contributed by atoms with van der Waals surface area (Å²) in [5.41, 5.74) is 2.60. The fraction of sp³-hybridized carbons (Fsp3) is 0.158. The van der Waals surface area contributed by atoms with Gasteiger partial charge < -0.3 is 4.74 Å². The summed E-state index contributed by atoms with van der Waals surface area (Å²) >= 11 is 11.5. The summed E-state index contributed by atoms with van der Waals surface area (Å²) in [5.74, 6) is 0.449. The highest BCUT2D eigenvalue weighted by molar-refractivity contribution is 6.63. The maximum Gasteiger partial charge on any atom is 0.262 e. The van der Waals surface area contributed by atoms with E-state index in [1.807, 2.05) is 6.07 Å². The number of benzene rings is 2. The number of rotatable bonds is 4. The van der Waals surface area contributed by atoms with Crippen LogP contribution in [0.5, 0.6) is 5.75 Å². The van der Waals surface area contributed by atoms with Gasteiger partial charge in [0.1, 0.15) is 5.75 Å². The normalized spacial score (nSPS) is 10.9. The molecule has 6 heteroatoms. The Morgan fingerprint density at radius 3 is 2.40 bits per heavy atom. The van der Waals surface area contributed by atoms with Gasteiger partial charge in [-0.1, -0.05) is 11.6 Å². The van der Waals surface area contributed by atoms with Crippen LogP contribution in [0.4, 0.5) is 0 Å². The van der Waals surface area contributed by atoms with Crippen LogP contribution in [0.15, 0.2) is 42.5 Å². The first kappa shape index (κ1) is 17.5. The Morgan fingerprint density at radius 2 is 1.80 bits per heavy atom. The summed E-state index contributed by atoms with van der Waals surface area (Å²) in [6.07, 6.45) is 0.0396. The molecule has 0 spiro atoms. The van der Waals surface area contributed by atoms with E-state index in [0.717, 1.165) is 10.9 Å². The third kappa shape index (κ3) is 3.28. The Bertz CT molecular complexity index is 974. The Kier molecular flexibility index (Phi) is 4.84. The Hall–Kier alpha value is -2.30. The monoisotopic (exact) mass is 375 g/mol. The fourth-order valence-corrected chi connectivity index (χ4v) is 3.19. The molecule has 0 saturated carbocycles. The number of methoxy groups -OCH3 is 1. The minimum absolute atomic E-state index is 0.0396. The van der Waals surface area contributed by atoms with E-state index in [4.69, 9.17) is 27.9 Å². The molecule has 0 N–H and O–H groups in total. The number of hydrogen-bond donors (Lipinski definition) is 0. The molecule has 0 radical (unpaired) electrons. The van der Waals surface area contributed by atoms with Crippen molar-refractivity contribution in [2.24, 2.45) is 0 Å². The van der Waals surface area contributed by atoms with Crippen LogP contribution in [0.25, 0.3) is 10.9 Å². The van der Waals surface area contributed by atoms with Crippen LogP contribution in [0.2, 0.25) is 5.02 Å². The minimum atomic E-state index is -0.482. The first-order chi connectivity index (χ1) is 11.9. The second-order valence-electron chi connectivity index (χ2n) is 5.63.